The maximum Gasteiger partial charge on any atom is 0.266 e. The van der Waals surface area contributed by atoms with Crippen LogP contribution in [0.5, 0.6) is 0 Å². The first-order valence-corrected chi connectivity index (χ1v) is 4.00. The molecular formula is C8H5ClF2N2O. The van der Waals surface area contributed by atoms with E-state index in [0.717, 1.165) is 6.07 Å². The van der Waals surface area contributed by atoms with Gasteiger partial charge in [-0.2, -0.15) is 5.26 Å². The summed E-state index contributed by atoms with van der Waals surface area (Å²) < 4.78 is 24.7. The van der Waals surface area contributed by atoms with Gasteiger partial charge in [0.25, 0.3) is 12.0 Å². The number of alkyl halides is 2. The highest BCUT2D eigenvalue weighted by Crippen LogP contribution is 2.22. The van der Waals surface area contributed by atoms with E-state index >= 15 is 0 Å². The van der Waals surface area contributed by atoms with Gasteiger partial charge in [-0.05, 0) is 6.07 Å². The molecule has 1 aromatic rings. The van der Waals surface area contributed by atoms with Crippen molar-refractivity contribution in [3.05, 3.63) is 32.7 Å². The SMILES string of the molecule is N#CCc1[nH]c(=O)c(Cl)cc1C(F)F. The minimum atomic E-state index is -2.76. The van der Waals surface area contributed by atoms with E-state index < -0.39 is 17.5 Å². The van der Waals surface area contributed by atoms with E-state index in [-0.39, 0.29) is 17.1 Å². The monoisotopic (exact) mass is 218 g/mol. The fraction of sp³-hybridized carbons (Fsp3) is 0.250. The second-order valence-electron chi connectivity index (χ2n) is 2.52. The smallest absolute Gasteiger partial charge is 0.266 e. The van der Waals surface area contributed by atoms with Gasteiger partial charge in [-0.25, -0.2) is 8.78 Å². The summed E-state index contributed by atoms with van der Waals surface area (Å²) in [6, 6.07) is 2.57. The van der Waals surface area contributed by atoms with Crippen LogP contribution in [0.4, 0.5) is 8.78 Å². The second kappa shape index (κ2) is 4.20. The van der Waals surface area contributed by atoms with E-state index in [0.29, 0.717) is 0 Å². The van der Waals surface area contributed by atoms with Crippen LogP contribution in [0.3, 0.4) is 0 Å². The zero-order chi connectivity index (χ0) is 10.7. The molecular weight excluding hydrogens is 214 g/mol. The number of pyridine rings is 1. The number of halogens is 3. The summed E-state index contributed by atoms with van der Waals surface area (Å²) in [7, 11) is 0. The maximum atomic E-state index is 12.4. The van der Waals surface area contributed by atoms with Gasteiger partial charge in [-0.1, -0.05) is 11.6 Å². The van der Waals surface area contributed by atoms with Crippen molar-refractivity contribution >= 4 is 11.6 Å². The van der Waals surface area contributed by atoms with Gasteiger partial charge in [0, 0.05) is 11.3 Å². The molecule has 0 amide bonds. The first-order valence-electron chi connectivity index (χ1n) is 3.63. The van der Waals surface area contributed by atoms with Crippen LogP contribution < -0.4 is 5.56 Å². The van der Waals surface area contributed by atoms with Gasteiger partial charge in [0.2, 0.25) is 0 Å². The van der Waals surface area contributed by atoms with Crippen molar-refractivity contribution < 1.29 is 8.78 Å². The number of H-pyrrole nitrogens is 1. The Morgan fingerprint density at radius 1 is 1.64 bits per heavy atom. The standard InChI is InChI=1S/C8H5ClF2N2O/c9-5-3-4(7(10)11)6(1-2-12)13-8(5)14/h3,7H,1H2,(H,13,14). The number of aromatic nitrogens is 1. The van der Waals surface area contributed by atoms with Crippen LogP contribution in [-0.4, -0.2) is 4.98 Å². The molecule has 0 bridgehead atoms. The highest BCUT2D eigenvalue weighted by atomic mass is 35.5. The summed E-state index contributed by atoms with van der Waals surface area (Å²) in [5, 5.41) is 8.03. The lowest BCUT2D eigenvalue weighted by Gasteiger charge is -2.05. The third-order valence-electron chi connectivity index (χ3n) is 1.60. The third-order valence-corrected chi connectivity index (χ3v) is 1.88. The van der Waals surface area contributed by atoms with Gasteiger partial charge < -0.3 is 4.98 Å². The van der Waals surface area contributed by atoms with Gasteiger partial charge in [-0.15, -0.1) is 0 Å². The summed E-state index contributed by atoms with van der Waals surface area (Å²) in [5.41, 5.74) is -1.16. The number of nitriles is 1. The molecule has 3 nitrogen and oxygen atoms in total. The van der Waals surface area contributed by atoms with E-state index in [1.54, 1.807) is 6.07 Å². The van der Waals surface area contributed by atoms with E-state index in [2.05, 4.69) is 4.98 Å². The molecule has 0 unspecified atom stereocenters. The Bertz CT molecular complexity index is 436. The molecule has 0 atom stereocenters. The largest absolute Gasteiger partial charge is 0.323 e. The number of hydrogen-bond acceptors (Lipinski definition) is 2. The average molecular weight is 219 g/mol. The van der Waals surface area contributed by atoms with Crippen molar-refractivity contribution in [3.63, 3.8) is 0 Å². The van der Waals surface area contributed by atoms with Crippen LogP contribution in [0.2, 0.25) is 5.02 Å². The summed E-state index contributed by atoms with van der Waals surface area (Å²) in [4.78, 5) is 13.1. The summed E-state index contributed by atoms with van der Waals surface area (Å²) >= 11 is 5.37. The number of nitrogens with one attached hydrogen (secondary N) is 1. The number of aromatic amines is 1. The van der Waals surface area contributed by atoms with Crippen molar-refractivity contribution in [3.8, 4) is 6.07 Å². The van der Waals surface area contributed by atoms with Crippen LogP contribution in [-0.2, 0) is 6.42 Å². The molecule has 14 heavy (non-hydrogen) atoms. The molecule has 74 valence electrons. The number of rotatable bonds is 2. The molecule has 0 aliphatic rings. The molecule has 0 fully saturated rings. The molecule has 0 aliphatic carbocycles. The van der Waals surface area contributed by atoms with Crippen LogP contribution in [0.15, 0.2) is 10.9 Å². The first-order chi connectivity index (χ1) is 6.56. The molecule has 0 saturated carbocycles. The molecule has 0 saturated heterocycles. The Balaban J connectivity index is 3.33. The second-order valence-corrected chi connectivity index (χ2v) is 2.92. The highest BCUT2D eigenvalue weighted by Gasteiger charge is 2.15. The molecule has 1 aromatic heterocycles. The minimum Gasteiger partial charge on any atom is -0.323 e. The Hall–Kier alpha value is -1.41. The van der Waals surface area contributed by atoms with Crippen LogP contribution in [0.1, 0.15) is 17.7 Å². The summed E-state index contributed by atoms with van der Waals surface area (Å²) in [5.74, 6) is 0. The lowest BCUT2D eigenvalue weighted by Crippen LogP contribution is -2.12. The van der Waals surface area contributed by atoms with Crippen molar-refractivity contribution in [1.29, 1.82) is 5.26 Å². The molecule has 6 heteroatoms. The molecule has 1 N–H and O–H groups in total. The van der Waals surface area contributed by atoms with Gasteiger partial charge in [0.05, 0.1) is 12.5 Å². The average Bonchev–Trinajstić information content (AvgIpc) is 2.11. The summed E-state index contributed by atoms with van der Waals surface area (Å²) in [6.45, 7) is 0. The fourth-order valence-electron chi connectivity index (χ4n) is 0.978. The predicted molar refractivity (Wildman–Crippen MR) is 46.3 cm³/mol. The zero-order valence-corrected chi connectivity index (χ0v) is 7.61. The molecule has 0 aliphatic heterocycles. The van der Waals surface area contributed by atoms with Crippen LogP contribution >= 0.6 is 11.6 Å². The van der Waals surface area contributed by atoms with Crippen LogP contribution in [0.25, 0.3) is 0 Å². The van der Waals surface area contributed by atoms with Crippen molar-refractivity contribution in [2.24, 2.45) is 0 Å². The van der Waals surface area contributed by atoms with Crippen LogP contribution in [0, 0.1) is 11.3 Å². The third kappa shape index (κ3) is 2.09. The van der Waals surface area contributed by atoms with E-state index in [9.17, 15) is 13.6 Å². The van der Waals surface area contributed by atoms with Crippen molar-refractivity contribution in [2.75, 3.05) is 0 Å². The number of nitrogens with zero attached hydrogens (tertiary/aromatic N) is 1. The van der Waals surface area contributed by atoms with E-state index in [1.165, 1.54) is 0 Å². The van der Waals surface area contributed by atoms with Crippen molar-refractivity contribution in [2.45, 2.75) is 12.8 Å². The Morgan fingerprint density at radius 3 is 2.79 bits per heavy atom. The predicted octanol–water partition coefficient (Wildman–Crippen LogP) is 2.03. The van der Waals surface area contributed by atoms with Gasteiger partial charge in [-0.3, -0.25) is 4.79 Å². The zero-order valence-electron chi connectivity index (χ0n) is 6.85. The highest BCUT2D eigenvalue weighted by molar-refractivity contribution is 6.30. The lowest BCUT2D eigenvalue weighted by molar-refractivity contribution is 0.150. The molecule has 1 heterocycles. The Labute approximate surface area is 82.9 Å². The minimum absolute atomic E-state index is 0.0862. The fourth-order valence-corrected chi connectivity index (χ4v) is 1.14. The Morgan fingerprint density at radius 2 is 2.29 bits per heavy atom. The number of hydrogen-bond donors (Lipinski definition) is 1. The van der Waals surface area contributed by atoms with Gasteiger partial charge in [0.1, 0.15) is 5.02 Å². The topological polar surface area (TPSA) is 56.6 Å². The quantitative estimate of drug-likeness (QED) is 0.826. The van der Waals surface area contributed by atoms with E-state index in [1.807, 2.05) is 0 Å². The van der Waals surface area contributed by atoms with Gasteiger partial charge in [0.15, 0.2) is 0 Å². The van der Waals surface area contributed by atoms with Gasteiger partial charge >= 0.3 is 0 Å². The molecule has 1 rings (SSSR count). The molecule has 0 aromatic carbocycles. The summed E-state index contributed by atoms with van der Waals surface area (Å²) in [6.07, 6.45) is -3.03. The Kier molecular flexibility index (Phi) is 3.20. The first kappa shape index (κ1) is 10.7. The van der Waals surface area contributed by atoms with E-state index in [4.69, 9.17) is 16.9 Å². The normalized spacial score (nSPS) is 10.2. The molecule has 0 spiro atoms. The maximum absolute atomic E-state index is 12.4. The lowest BCUT2D eigenvalue weighted by atomic mass is 10.1. The van der Waals surface area contributed by atoms with Crippen molar-refractivity contribution in [1.82, 2.24) is 4.98 Å². The molecule has 0 radical (unpaired) electrons.